The smallest absolute Gasteiger partial charge is 0.337 e. The molecule has 0 amide bonds. The van der Waals surface area contributed by atoms with Crippen LogP contribution in [0.5, 0.6) is 0 Å². The van der Waals surface area contributed by atoms with Crippen molar-refractivity contribution in [2.45, 2.75) is 43.7 Å². The minimum atomic E-state index is -3.95. The molecule has 1 rings (SSSR count). The van der Waals surface area contributed by atoms with Gasteiger partial charge in [0.05, 0.1) is 26.6 Å². The van der Waals surface area contributed by atoms with E-state index in [2.05, 4.69) is 4.72 Å². The maximum absolute atomic E-state index is 12.3. The minimum Gasteiger partial charge on any atom is -0.478 e. The van der Waals surface area contributed by atoms with Crippen LogP contribution in [0.4, 0.5) is 0 Å². The first kappa shape index (κ1) is 17.9. The number of sulfonamides is 1. The summed E-state index contributed by atoms with van der Waals surface area (Å²) < 4.78 is 27.0. The Labute approximate surface area is 128 Å². The number of aliphatic hydroxyl groups is 1. The monoisotopic (exact) mass is 335 g/mol. The highest BCUT2D eigenvalue weighted by Crippen LogP contribution is 2.25. The fourth-order valence-electron chi connectivity index (χ4n) is 1.36. The molecule has 0 radical (unpaired) electrons. The molecule has 0 bridgehead atoms. The molecule has 0 spiro atoms. The summed E-state index contributed by atoms with van der Waals surface area (Å²) in [6.45, 7) is 6.04. The molecular weight excluding hydrogens is 318 g/mol. The Morgan fingerprint density at radius 1 is 1.24 bits per heavy atom. The van der Waals surface area contributed by atoms with Crippen molar-refractivity contribution in [3.63, 3.8) is 0 Å². The molecule has 0 aromatic heterocycles. The number of carboxylic acids is 1. The maximum atomic E-state index is 12.3. The zero-order chi connectivity index (χ0) is 16.6. The molecule has 0 aliphatic carbocycles. The maximum Gasteiger partial charge on any atom is 0.337 e. The summed E-state index contributed by atoms with van der Waals surface area (Å²) in [4.78, 5) is 10.7. The highest BCUT2D eigenvalue weighted by molar-refractivity contribution is 7.89. The molecule has 0 aliphatic heterocycles. The van der Waals surface area contributed by atoms with Crippen molar-refractivity contribution in [2.24, 2.45) is 0 Å². The molecule has 3 N–H and O–H groups in total. The minimum absolute atomic E-state index is 0.171. The van der Waals surface area contributed by atoms with Crippen molar-refractivity contribution < 1.29 is 23.4 Å². The van der Waals surface area contributed by atoms with E-state index in [9.17, 15) is 18.3 Å². The van der Waals surface area contributed by atoms with Gasteiger partial charge in [-0.1, -0.05) is 11.6 Å². The van der Waals surface area contributed by atoms with Gasteiger partial charge in [0.25, 0.3) is 0 Å². The molecule has 0 atom stereocenters. The summed E-state index contributed by atoms with van der Waals surface area (Å²) in [6, 6.07) is 3.34. The number of aromatic carboxylic acids is 1. The summed E-state index contributed by atoms with van der Waals surface area (Å²) in [5, 5.41) is 18.7. The number of nitrogens with one attached hydrogen (secondary N) is 1. The van der Waals surface area contributed by atoms with Gasteiger partial charge in [-0.05, 0) is 45.9 Å². The van der Waals surface area contributed by atoms with Gasteiger partial charge in [0.2, 0.25) is 10.0 Å². The van der Waals surface area contributed by atoms with Gasteiger partial charge in [0.15, 0.2) is 0 Å². The Morgan fingerprint density at radius 2 is 1.76 bits per heavy atom. The Morgan fingerprint density at radius 3 is 2.14 bits per heavy atom. The summed E-state index contributed by atoms with van der Waals surface area (Å²) >= 11 is 5.77. The van der Waals surface area contributed by atoms with Crippen LogP contribution in [0.3, 0.4) is 0 Å². The van der Waals surface area contributed by atoms with Crippen LogP contribution in [0.1, 0.15) is 38.1 Å². The van der Waals surface area contributed by atoms with Gasteiger partial charge in [0.1, 0.15) is 0 Å². The zero-order valence-corrected chi connectivity index (χ0v) is 13.7. The predicted molar refractivity (Wildman–Crippen MR) is 79.1 cm³/mol. The number of rotatable bonds is 5. The third-order valence-electron chi connectivity index (χ3n) is 3.40. The van der Waals surface area contributed by atoms with Crippen LogP contribution in [-0.2, 0) is 10.0 Å². The number of carboxylic acid groups (broad SMARTS) is 1. The van der Waals surface area contributed by atoms with E-state index >= 15 is 0 Å². The van der Waals surface area contributed by atoms with E-state index in [0.29, 0.717) is 0 Å². The number of hydrogen-bond acceptors (Lipinski definition) is 4. The fraction of sp³-hybridized carbons (Fsp3) is 0.462. The molecule has 1 aromatic rings. The normalized spacial score (nSPS) is 13.2. The largest absolute Gasteiger partial charge is 0.478 e. The molecule has 0 saturated carbocycles. The van der Waals surface area contributed by atoms with Gasteiger partial charge in [0, 0.05) is 0 Å². The molecule has 0 saturated heterocycles. The molecule has 0 unspecified atom stereocenters. The second kappa shape index (κ2) is 5.57. The Kier molecular flexibility index (Phi) is 4.74. The average molecular weight is 336 g/mol. The van der Waals surface area contributed by atoms with E-state index in [1.54, 1.807) is 0 Å². The van der Waals surface area contributed by atoms with Crippen molar-refractivity contribution in [1.29, 1.82) is 0 Å². The van der Waals surface area contributed by atoms with Crippen molar-refractivity contribution in [2.75, 3.05) is 0 Å². The number of carbonyl (C=O) groups is 1. The van der Waals surface area contributed by atoms with Crippen molar-refractivity contribution in [3.05, 3.63) is 28.8 Å². The first-order valence-electron chi connectivity index (χ1n) is 6.07. The van der Waals surface area contributed by atoms with Crippen LogP contribution >= 0.6 is 11.6 Å². The molecule has 0 aliphatic rings. The summed E-state index contributed by atoms with van der Waals surface area (Å²) in [5.41, 5.74) is -2.62. The highest BCUT2D eigenvalue weighted by atomic mass is 35.5. The SMILES string of the molecule is CC(C)(O)C(C)(C)NS(=O)(=O)c1ccc(C(=O)O)c(Cl)c1. The standard InChI is InChI=1S/C13H18ClNO5S/c1-12(2,13(3,4)18)15-21(19,20)8-5-6-9(11(16)17)10(14)7-8/h5-7,15,18H,1-4H3,(H,16,17). The molecule has 8 heteroatoms. The van der Waals surface area contributed by atoms with Crippen molar-refractivity contribution in [3.8, 4) is 0 Å². The van der Waals surface area contributed by atoms with E-state index in [0.717, 1.165) is 18.2 Å². The number of benzene rings is 1. The van der Waals surface area contributed by atoms with Crippen LogP contribution < -0.4 is 4.72 Å². The second-order valence-electron chi connectivity index (χ2n) is 5.74. The predicted octanol–water partition coefficient (Wildman–Crippen LogP) is 1.87. The molecule has 0 fully saturated rings. The van der Waals surface area contributed by atoms with E-state index in [4.69, 9.17) is 16.7 Å². The van der Waals surface area contributed by atoms with Crippen LogP contribution in [0.2, 0.25) is 5.02 Å². The molecule has 0 heterocycles. The highest BCUT2D eigenvalue weighted by Gasteiger charge is 2.39. The van der Waals surface area contributed by atoms with Gasteiger partial charge in [-0.2, -0.15) is 0 Å². The van der Waals surface area contributed by atoms with Gasteiger partial charge < -0.3 is 10.2 Å². The summed E-state index contributed by atoms with van der Waals surface area (Å²) in [6.07, 6.45) is 0. The first-order chi connectivity index (χ1) is 9.28. The van der Waals surface area contributed by atoms with Gasteiger partial charge in [-0.15, -0.1) is 0 Å². The van der Waals surface area contributed by atoms with Crippen molar-refractivity contribution in [1.82, 2.24) is 4.72 Å². The Hall–Kier alpha value is -1.15. The van der Waals surface area contributed by atoms with Crippen LogP contribution in [0.15, 0.2) is 23.1 Å². The van der Waals surface area contributed by atoms with E-state index in [1.807, 2.05) is 0 Å². The fourth-order valence-corrected chi connectivity index (χ4v) is 3.24. The second-order valence-corrected chi connectivity index (χ2v) is 7.83. The lowest BCUT2D eigenvalue weighted by Crippen LogP contribution is -2.57. The number of hydrogen-bond donors (Lipinski definition) is 3. The van der Waals surface area contributed by atoms with E-state index in [-0.39, 0.29) is 15.5 Å². The lowest BCUT2D eigenvalue weighted by atomic mass is 9.87. The average Bonchev–Trinajstić information content (AvgIpc) is 2.25. The van der Waals surface area contributed by atoms with Crippen LogP contribution in [0, 0.1) is 0 Å². The lowest BCUT2D eigenvalue weighted by molar-refractivity contribution is 0.00638. The van der Waals surface area contributed by atoms with E-state index < -0.39 is 27.1 Å². The zero-order valence-electron chi connectivity index (χ0n) is 12.1. The molecule has 21 heavy (non-hydrogen) atoms. The molecule has 1 aromatic carbocycles. The number of halogens is 1. The Balaban J connectivity index is 3.21. The molecule has 118 valence electrons. The molecule has 6 nitrogen and oxygen atoms in total. The van der Waals surface area contributed by atoms with Crippen molar-refractivity contribution >= 4 is 27.6 Å². The summed E-state index contributed by atoms with van der Waals surface area (Å²) in [5.74, 6) is -1.24. The third-order valence-corrected chi connectivity index (χ3v) is 5.37. The van der Waals surface area contributed by atoms with Gasteiger partial charge >= 0.3 is 5.97 Å². The van der Waals surface area contributed by atoms with Crippen LogP contribution in [-0.4, -0.2) is 35.7 Å². The third kappa shape index (κ3) is 3.94. The van der Waals surface area contributed by atoms with Crippen LogP contribution in [0.25, 0.3) is 0 Å². The topological polar surface area (TPSA) is 104 Å². The quantitative estimate of drug-likeness (QED) is 0.762. The van der Waals surface area contributed by atoms with Gasteiger partial charge in [-0.25, -0.2) is 17.9 Å². The first-order valence-corrected chi connectivity index (χ1v) is 7.93. The lowest BCUT2D eigenvalue weighted by Gasteiger charge is -2.37. The van der Waals surface area contributed by atoms with Gasteiger partial charge in [-0.3, -0.25) is 0 Å². The van der Waals surface area contributed by atoms with E-state index in [1.165, 1.54) is 27.7 Å². The summed E-state index contributed by atoms with van der Waals surface area (Å²) in [7, 11) is -3.95. The molecular formula is C13H18ClNO5S. The Bertz CT molecular complexity index is 662.